The third-order valence-corrected chi connectivity index (χ3v) is 3.00. The second-order valence-corrected chi connectivity index (χ2v) is 4.07. The molecule has 0 saturated carbocycles. The summed E-state index contributed by atoms with van der Waals surface area (Å²) in [6.07, 6.45) is 1.02. The van der Waals surface area contributed by atoms with E-state index in [0.29, 0.717) is 0 Å². The molecule has 0 aliphatic carbocycles. The molecule has 0 bridgehead atoms. The monoisotopic (exact) mass is 211 g/mol. The number of nitrogen functional groups attached to an aromatic ring is 1. The molecule has 82 valence electrons. The van der Waals surface area contributed by atoms with Crippen molar-refractivity contribution in [2.24, 2.45) is 0 Å². The minimum absolute atomic E-state index is 0.848. The summed E-state index contributed by atoms with van der Waals surface area (Å²) in [6, 6.07) is 14.5. The molecule has 2 aromatic carbocycles. The molecular weight excluding hydrogens is 194 g/mol. The van der Waals surface area contributed by atoms with E-state index in [4.69, 9.17) is 5.73 Å². The average molecular weight is 211 g/mol. The number of hydrogen-bond acceptors (Lipinski definition) is 1. The summed E-state index contributed by atoms with van der Waals surface area (Å²) in [4.78, 5) is 0. The van der Waals surface area contributed by atoms with E-state index in [1.165, 1.54) is 22.3 Å². The van der Waals surface area contributed by atoms with Crippen molar-refractivity contribution in [2.75, 3.05) is 5.73 Å². The van der Waals surface area contributed by atoms with Gasteiger partial charge in [-0.15, -0.1) is 0 Å². The highest BCUT2D eigenvalue weighted by Gasteiger charge is 2.06. The average Bonchev–Trinajstić information content (AvgIpc) is 2.33. The van der Waals surface area contributed by atoms with Gasteiger partial charge in [-0.2, -0.15) is 0 Å². The van der Waals surface area contributed by atoms with Crippen LogP contribution in [0.15, 0.2) is 42.5 Å². The first kappa shape index (κ1) is 10.7. The van der Waals surface area contributed by atoms with Crippen molar-refractivity contribution < 1.29 is 0 Å². The maximum absolute atomic E-state index is 5.94. The molecule has 0 atom stereocenters. The Morgan fingerprint density at radius 1 is 1.06 bits per heavy atom. The molecular formula is C15H17N. The van der Waals surface area contributed by atoms with E-state index < -0.39 is 0 Å². The van der Waals surface area contributed by atoms with Gasteiger partial charge in [-0.05, 0) is 47.7 Å². The maximum Gasteiger partial charge on any atom is 0.0323 e. The van der Waals surface area contributed by atoms with E-state index in [2.05, 4.69) is 50.2 Å². The van der Waals surface area contributed by atoms with Crippen LogP contribution in [0, 0.1) is 6.92 Å². The molecule has 0 saturated heterocycles. The van der Waals surface area contributed by atoms with Gasteiger partial charge < -0.3 is 5.73 Å². The molecule has 0 aliphatic rings. The van der Waals surface area contributed by atoms with Crippen LogP contribution >= 0.6 is 0 Å². The Morgan fingerprint density at radius 2 is 1.75 bits per heavy atom. The topological polar surface area (TPSA) is 26.0 Å². The third-order valence-electron chi connectivity index (χ3n) is 3.00. The van der Waals surface area contributed by atoms with E-state index >= 15 is 0 Å². The van der Waals surface area contributed by atoms with E-state index in [1.807, 2.05) is 6.07 Å². The summed E-state index contributed by atoms with van der Waals surface area (Å²) >= 11 is 0. The molecule has 0 spiro atoms. The van der Waals surface area contributed by atoms with Gasteiger partial charge in [0.2, 0.25) is 0 Å². The van der Waals surface area contributed by atoms with Crippen LogP contribution in [0.2, 0.25) is 0 Å². The van der Waals surface area contributed by atoms with Crippen LogP contribution in [0.5, 0.6) is 0 Å². The highest BCUT2D eigenvalue weighted by Crippen LogP contribution is 2.28. The zero-order valence-electron chi connectivity index (χ0n) is 9.83. The SMILES string of the molecule is CCc1cc(N)cc(-c2ccccc2)c1C. The molecule has 0 unspecified atom stereocenters. The molecule has 0 amide bonds. The van der Waals surface area contributed by atoms with Crippen LogP contribution in [-0.4, -0.2) is 0 Å². The second-order valence-electron chi connectivity index (χ2n) is 4.07. The number of benzene rings is 2. The first-order chi connectivity index (χ1) is 7.72. The van der Waals surface area contributed by atoms with Crippen LogP contribution in [-0.2, 0) is 6.42 Å². The fraction of sp³-hybridized carbons (Fsp3) is 0.200. The Kier molecular flexibility index (Phi) is 2.95. The molecule has 0 radical (unpaired) electrons. The largest absolute Gasteiger partial charge is 0.399 e. The summed E-state index contributed by atoms with van der Waals surface area (Å²) < 4.78 is 0. The summed E-state index contributed by atoms with van der Waals surface area (Å²) in [5, 5.41) is 0. The minimum atomic E-state index is 0.848. The number of nitrogens with two attached hydrogens (primary N) is 1. The van der Waals surface area contributed by atoms with Gasteiger partial charge in [0.15, 0.2) is 0 Å². The van der Waals surface area contributed by atoms with Crippen molar-refractivity contribution in [1.29, 1.82) is 0 Å². The fourth-order valence-electron chi connectivity index (χ4n) is 2.08. The Bertz CT molecular complexity index is 486. The lowest BCUT2D eigenvalue weighted by atomic mass is 9.94. The third kappa shape index (κ3) is 1.94. The van der Waals surface area contributed by atoms with Gasteiger partial charge in [-0.25, -0.2) is 0 Å². The van der Waals surface area contributed by atoms with E-state index in [0.717, 1.165) is 12.1 Å². The lowest BCUT2D eigenvalue weighted by Crippen LogP contribution is -1.95. The number of hydrogen-bond donors (Lipinski definition) is 1. The minimum Gasteiger partial charge on any atom is -0.399 e. The molecule has 2 rings (SSSR count). The van der Waals surface area contributed by atoms with Crippen molar-refractivity contribution >= 4 is 5.69 Å². The Balaban J connectivity index is 2.61. The van der Waals surface area contributed by atoms with Gasteiger partial charge >= 0.3 is 0 Å². The van der Waals surface area contributed by atoms with Crippen LogP contribution in [0.25, 0.3) is 11.1 Å². The van der Waals surface area contributed by atoms with Gasteiger partial charge in [0, 0.05) is 5.69 Å². The molecule has 16 heavy (non-hydrogen) atoms. The predicted molar refractivity (Wildman–Crippen MR) is 70.4 cm³/mol. The van der Waals surface area contributed by atoms with Crippen LogP contribution in [0.4, 0.5) is 5.69 Å². The molecule has 2 aromatic rings. The van der Waals surface area contributed by atoms with E-state index in [-0.39, 0.29) is 0 Å². The highest BCUT2D eigenvalue weighted by molar-refractivity contribution is 5.72. The van der Waals surface area contributed by atoms with Gasteiger partial charge in [-0.1, -0.05) is 37.3 Å². The molecule has 0 aliphatic heterocycles. The van der Waals surface area contributed by atoms with Crippen molar-refractivity contribution in [1.82, 2.24) is 0 Å². The number of aryl methyl sites for hydroxylation is 1. The van der Waals surface area contributed by atoms with Gasteiger partial charge in [0.25, 0.3) is 0 Å². The first-order valence-corrected chi connectivity index (χ1v) is 5.66. The molecule has 0 heterocycles. The molecule has 1 heteroatoms. The molecule has 2 N–H and O–H groups in total. The zero-order chi connectivity index (χ0) is 11.5. The Hall–Kier alpha value is -1.76. The van der Waals surface area contributed by atoms with Crippen molar-refractivity contribution in [2.45, 2.75) is 20.3 Å². The second kappa shape index (κ2) is 4.40. The predicted octanol–water partition coefficient (Wildman–Crippen LogP) is 3.81. The quantitative estimate of drug-likeness (QED) is 0.751. The van der Waals surface area contributed by atoms with Crippen LogP contribution in [0.1, 0.15) is 18.1 Å². The van der Waals surface area contributed by atoms with Crippen molar-refractivity contribution in [3.8, 4) is 11.1 Å². The summed E-state index contributed by atoms with van der Waals surface area (Å²) in [5.74, 6) is 0. The fourth-order valence-corrected chi connectivity index (χ4v) is 2.08. The normalized spacial score (nSPS) is 10.4. The molecule has 0 aromatic heterocycles. The Labute approximate surface area is 96.9 Å². The summed E-state index contributed by atoms with van der Waals surface area (Å²) in [6.45, 7) is 4.33. The lowest BCUT2D eigenvalue weighted by Gasteiger charge is -2.12. The molecule has 1 nitrogen and oxygen atoms in total. The standard InChI is InChI=1S/C15H17N/c1-3-12-9-14(16)10-15(11(12)2)13-7-5-4-6-8-13/h4-10H,3,16H2,1-2H3. The van der Waals surface area contributed by atoms with Gasteiger partial charge in [-0.3, -0.25) is 0 Å². The smallest absolute Gasteiger partial charge is 0.0323 e. The Morgan fingerprint density at radius 3 is 2.38 bits per heavy atom. The zero-order valence-corrected chi connectivity index (χ0v) is 9.83. The summed E-state index contributed by atoms with van der Waals surface area (Å²) in [7, 11) is 0. The highest BCUT2D eigenvalue weighted by atomic mass is 14.5. The first-order valence-electron chi connectivity index (χ1n) is 5.66. The maximum atomic E-state index is 5.94. The van der Waals surface area contributed by atoms with Crippen LogP contribution in [0.3, 0.4) is 0 Å². The van der Waals surface area contributed by atoms with Gasteiger partial charge in [0.1, 0.15) is 0 Å². The van der Waals surface area contributed by atoms with Crippen LogP contribution < -0.4 is 5.73 Å². The van der Waals surface area contributed by atoms with E-state index in [9.17, 15) is 0 Å². The molecule has 0 fully saturated rings. The lowest BCUT2D eigenvalue weighted by molar-refractivity contribution is 1.11. The number of rotatable bonds is 2. The van der Waals surface area contributed by atoms with E-state index in [1.54, 1.807) is 0 Å². The number of anilines is 1. The van der Waals surface area contributed by atoms with Crippen molar-refractivity contribution in [3.63, 3.8) is 0 Å². The van der Waals surface area contributed by atoms with Crippen molar-refractivity contribution in [3.05, 3.63) is 53.6 Å². The van der Waals surface area contributed by atoms with Gasteiger partial charge in [0.05, 0.1) is 0 Å². The summed E-state index contributed by atoms with van der Waals surface area (Å²) in [5.41, 5.74) is 11.9.